The van der Waals surface area contributed by atoms with Crippen molar-refractivity contribution in [3.05, 3.63) is 33.6 Å². The molecule has 1 rings (SSSR count). The Morgan fingerprint density at radius 3 is 2.47 bits per heavy atom. The highest BCUT2D eigenvalue weighted by Crippen LogP contribution is 2.28. The third kappa shape index (κ3) is 3.56. The number of halogens is 3. The summed E-state index contributed by atoms with van der Waals surface area (Å²) in [6.45, 7) is 3.20. The molecule has 1 aromatic carbocycles. The predicted molar refractivity (Wildman–Crippen MR) is 65.1 cm³/mol. The molecule has 0 saturated heterocycles. The van der Waals surface area contributed by atoms with Gasteiger partial charge in [0.2, 0.25) is 0 Å². The molecule has 1 aromatic rings. The van der Waals surface area contributed by atoms with Gasteiger partial charge in [-0.1, -0.05) is 23.2 Å². The van der Waals surface area contributed by atoms with Crippen molar-refractivity contribution in [3.63, 3.8) is 0 Å². The highest BCUT2D eigenvalue weighted by molar-refractivity contribution is 6.35. The molecular weight excluding hydrogens is 268 g/mol. The summed E-state index contributed by atoms with van der Waals surface area (Å²) < 4.78 is 13.3. The van der Waals surface area contributed by atoms with E-state index in [0.29, 0.717) is 10.6 Å². The summed E-state index contributed by atoms with van der Waals surface area (Å²) in [5.74, 6) is -1.56. The molecule has 2 atom stereocenters. The van der Waals surface area contributed by atoms with Crippen molar-refractivity contribution in [1.29, 1.82) is 0 Å². The number of carboxylic acids is 1. The first-order chi connectivity index (χ1) is 7.82. The lowest BCUT2D eigenvalue weighted by atomic mass is 10.1. The molecule has 0 spiro atoms. The van der Waals surface area contributed by atoms with E-state index in [1.165, 1.54) is 19.1 Å². The van der Waals surface area contributed by atoms with Crippen molar-refractivity contribution < 1.29 is 14.3 Å². The van der Waals surface area contributed by atoms with E-state index in [0.717, 1.165) is 0 Å². The first-order valence-electron chi connectivity index (χ1n) is 4.96. The van der Waals surface area contributed by atoms with Crippen LogP contribution in [0.25, 0.3) is 0 Å². The van der Waals surface area contributed by atoms with Gasteiger partial charge in [0.15, 0.2) is 0 Å². The molecule has 0 aliphatic rings. The van der Waals surface area contributed by atoms with Crippen molar-refractivity contribution in [2.75, 3.05) is 0 Å². The minimum Gasteiger partial charge on any atom is -0.480 e. The Morgan fingerprint density at radius 1 is 1.35 bits per heavy atom. The Bertz CT molecular complexity index is 440. The van der Waals surface area contributed by atoms with Gasteiger partial charge in [-0.3, -0.25) is 10.1 Å². The zero-order chi connectivity index (χ0) is 13.2. The van der Waals surface area contributed by atoms with Crippen LogP contribution in [0.1, 0.15) is 25.5 Å². The van der Waals surface area contributed by atoms with Gasteiger partial charge in [-0.05, 0) is 31.5 Å². The monoisotopic (exact) mass is 279 g/mol. The van der Waals surface area contributed by atoms with Gasteiger partial charge in [0.25, 0.3) is 0 Å². The fourth-order valence-electron chi connectivity index (χ4n) is 1.41. The Kier molecular flexibility index (Phi) is 4.74. The third-order valence-electron chi connectivity index (χ3n) is 2.38. The third-order valence-corrected chi connectivity index (χ3v) is 2.99. The van der Waals surface area contributed by atoms with Crippen LogP contribution in [-0.4, -0.2) is 17.1 Å². The van der Waals surface area contributed by atoms with Gasteiger partial charge < -0.3 is 5.11 Å². The Balaban J connectivity index is 2.92. The van der Waals surface area contributed by atoms with E-state index in [-0.39, 0.29) is 11.1 Å². The fourth-order valence-corrected chi connectivity index (χ4v) is 1.95. The summed E-state index contributed by atoms with van der Waals surface area (Å²) in [7, 11) is 0. The molecule has 0 amide bonds. The van der Waals surface area contributed by atoms with E-state index in [1.807, 2.05) is 0 Å². The molecule has 0 saturated carbocycles. The van der Waals surface area contributed by atoms with Crippen LogP contribution in [0, 0.1) is 5.82 Å². The Morgan fingerprint density at radius 2 is 1.94 bits per heavy atom. The number of carbonyl (C=O) groups is 1. The maximum Gasteiger partial charge on any atom is 0.320 e. The van der Waals surface area contributed by atoms with Crippen molar-refractivity contribution in [3.8, 4) is 0 Å². The zero-order valence-corrected chi connectivity index (χ0v) is 10.8. The number of hydrogen-bond acceptors (Lipinski definition) is 2. The molecule has 0 aliphatic heterocycles. The molecule has 2 unspecified atom stereocenters. The summed E-state index contributed by atoms with van der Waals surface area (Å²) in [5.41, 5.74) is 0.474. The van der Waals surface area contributed by atoms with Crippen molar-refractivity contribution >= 4 is 29.2 Å². The first kappa shape index (κ1) is 14.2. The van der Waals surface area contributed by atoms with Gasteiger partial charge in [-0.15, -0.1) is 0 Å². The largest absolute Gasteiger partial charge is 0.480 e. The smallest absolute Gasteiger partial charge is 0.320 e. The normalized spacial score (nSPS) is 14.4. The Hall–Kier alpha value is -0.840. The van der Waals surface area contributed by atoms with Crippen molar-refractivity contribution in [2.24, 2.45) is 0 Å². The average molecular weight is 280 g/mol. The summed E-state index contributed by atoms with van der Waals surface area (Å²) >= 11 is 11.5. The second kappa shape index (κ2) is 5.67. The Labute approximate surface area is 109 Å². The van der Waals surface area contributed by atoms with Crippen LogP contribution in [0.5, 0.6) is 0 Å². The van der Waals surface area contributed by atoms with Crippen LogP contribution in [0.3, 0.4) is 0 Å². The summed E-state index contributed by atoms with van der Waals surface area (Å²) in [6, 6.07) is 1.37. The van der Waals surface area contributed by atoms with Gasteiger partial charge in [-0.2, -0.15) is 0 Å². The quantitative estimate of drug-likeness (QED) is 0.832. The molecule has 0 aromatic heterocycles. The van der Waals surface area contributed by atoms with Gasteiger partial charge >= 0.3 is 5.97 Å². The van der Waals surface area contributed by atoms with Gasteiger partial charge in [0, 0.05) is 11.1 Å². The topological polar surface area (TPSA) is 49.3 Å². The van der Waals surface area contributed by atoms with Crippen LogP contribution in [0.2, 0.25) is 10.0 Å². The van der Waals surface area contributed by atoms with Crippen LogP contribution in [0.4, 0.5) is 4.39 Å². The molecular formula is C11H12Cl2FNO2. The molecule has 0 radical (unpaired) electrons. The minimum atomic E-state index is -0.984. The van der Waals surface area contributed by atoms with Crippen LogP contribution >= 0.6 is 23.2 Å². The molecule has 0 fully saturated rings. The lowest BCUT2D eigenvalue weighted by molar-refractivity contribution is -0.139. The molecule has 6 heteroatoms. The number of hydrogen-bond donors (Lipinski definition) is 2. The lowest BCUT2D eigenvalue weighted by Crippen LogP contribution is -2.35. The van der Waals surface area contributed by atoms with Gasteiger partial charge in [0.05, 0.1) is 5.02 Å². The molecule has 2 N–H and O–H groups in total. The number of rotatable bonds is 4. The van der Waals surface area contributed by atoms with Crippen molar-refractivity contribution in [1.82, 2.24) is 5.32 Å². The van der Waals surface area contributed by atoms with E-state index in [4.69, 9.17) is 28.3 Å². The summed E-state index contributed by atoms with van der Waals surface area (Å²) in [5, 5.41) is 11.8. The van der Waals surface area contributed by atoms with E-state index in [1.54, 1.807) is 6.92 Å². The second-order valence-electron chi connectivity index (χ2n) is 3.74. The second-order valence-corrected chi connectivity index (χ2v) is 4.55. The highest BCUT2D eigenvalue weighted by atomic mass is 35.5. The SMILES string of the molecule is CC(NC(C)c1cc(F)c(Cl)cc1Cl)C(=O)O. The van der Waals surface area contributed by atoms with Crippen LogP contribution < -0.4 is 5.32 Å². The maximum atomic E-state index is 13.3. The van der Waals surface area contributed by atoms with Gasteiger partial charge in [0.1, 0.15) is 11.9 Å². The number of nitrogens with one attached hydrogen (secondary N) is 1. The van der Waals surface area contributed by atoms with Gasteiger partial charge in [-0.25, -0.2) is 4.39 Å². The highest BCUT2D eigenvalue weighted by Gasteiger charge is 2.18. The van der Waals surface area contributed by atoms with E-state index >= 15 is 0 Å². The molecule has 3 nitrogen and oxygen atoms in total. The fraction of sp³-hybridized carbons (Fsp3) is 0.364. The van der Waals surface area contributed by atoms with Crippen LogP contribution in [0.15, 0.2) is 12.1 Å². The summed E-state index contributed by atoms with van der Waals surface area (Å²) in [4.78, 5) is 10.7. The predicted octanol–water partition coefficient (Wildman–Crippen LogP) is 3.26. The minimum absolute atomic E-state index is 0.0581. The summed E-state index contributed by atoms with van der Waals surface area (Å²) in [6.07, 6.45) is 0. The lowest BCUT2D eigenvalue weighted by Gasteiger charge is -2.18. The number of carboxylic acid groups (broad SMARTS) is 1. The van der Waals surface area contributed by atoms with Crippen LogP contribution in [-0.2, 0) is 4.79 Å². The molecule has 0 aliphatic carbocycles. The molecule has 0 bridgehead atoms. The van der Waals surface area contributed by atoms with Crippen molar-refractivity contribution in [2.45, 2.75) is 25.9 Å². The average Bonchev–Trinajstić information content (AvgIpc) is 2.22. The number of benzene rings is 1. The molecule has 0 heterocycles. The molecule has 94 valence electrons. The van der Waals surface area contributed by atoms with E-state index < -0.39 is 17.8 Å². The van der Waals surface area contributed by atoms with E-state index in [9.17, 15) is 9.18 Å². The van der Waals surface area contributed by atoms with E-state index in [2.05, 4.69) is 5.32 Å². The first-order valence-corrected chi connectivity index (χ1v) is 5.71. The molecule has 17 heavy (non-hydrogen) atoms. The standard InChI is InChI=1S/C11H12Cl2FNO2/c1-5(15-6(2)11(16)17)7-3-10(14)9(13)4-8(7)12/h3-6,15H,1-2H3,(H,16,17). The maximum absolute atomic E-state index is 13.3. The number of aliphatic carboxylic acids is 1. The zero-order valence-electron chi connectivity index (χ0n) is 9.30.